The minimum absolute atomic E-state index is 0.125. The molecule has 22 heavy (non-hydrogen) atoms. The molecule has 0 saturated carbocycles. The van der Waals surface area contributed by atoms with Crippen LogP contribution < -0.4 is 5.32 Å². The maximum absolute atomic E-state index is 12.0. The average molecular weight is 353 g/mol. The number of hydrogen-bond acceptors (Lipinski definition) is 4. The number of hydrogen-bond donors (Lipinski definition) is 1. The molecule has 1 aliphatic rings. The molecule has 1 aromatic heterocycles. The number of carbonyl (C=O) groups excluding carboxylic acids is 1. The van der Waals surface area contributed by atoms with E-state index in [0.29, 0.717) is 5.71 Å². The van der Waals surface area contributed by atoms with Crippen molar-refractivity contribution >= 4 is 37.7 Å². The fourth-order valence-electron chi connectivity index (χ4n) is 2.34. The number of nitrogens with one attached hydrogen (secondary N) is 1. The SMILES string of the molecule is O=C1Nc2ccccc2C1=Nc1ccc(-c2c[se]nn2)cc1. The van der Waals surface area contributed by atoms with E-state index in [1.165, 1.54) is 0 Å². The van der Waals surface area contributed by atoms with Crippen LogP contribution in [0.3, 0.4) is 0 Å². The number of carbonyl (C=O) groups is 1. The second-order valence-electron chi connectivity index (χ2n) is 4.80. The van der Waals surface area contributed by atoms with Gasteiger partial charge in [0.25, 0.3) is 0 Å². The van der Waals surface area contributed by atoms with Crippen LogP contribution in [0.2, 0.25) is 0 Å². The van der Waals surface area contributed by atoms with Gasteiger partial charge in [-0.2, -0.15) is 0 Å². The van der Waals surface area contributed by atoms with E-state index < -0.39 is 0 Å². The van der Waals surface area contributed by atoms with Crippen molar-refractivity contribution in [2.45, 2.75) is 0 Å². The Morgan fingerprint density at radius 2 is 1.86 bits per heavy atom. The summed E-state index contributed by atoms with van der Waals surface area (Å²) in [6, 6.07) is 15.2. The zero-order chi connectivity index (χ0) is 14.9. The number of anilines is 1. The van der Waals surface area contributed by atoms with Gasteiger partial charge in [-0.15, -0.1) is 0 Å². The number of para-hydroxylation sites is 1. The molecule has 0 spiro atoms. The quantitative estimate of drug-likeness (QED) is 0.719. The molecule has 5 nitrogen and oxygen atoms in total. The molecule has 0 aliphatic carbocycles. The summed E-state index contributed by atoms with van der Waals surface area (Å²) >= 11 is 0.125. The van der Waals surface area contributed by atoms with Crippen LogP contribution in [0.1, 0.15) is 5.56 Å². The first-order valence-corrected chi connectivity index (χ1v) is 8.44. The summed E-state index contributed by atoms with van der Waals surface area (Å²) in [6.45, 7) is 0. The van der Waals surface area contributed by atoms with Gasteiger partial charge < -0.3 is 0 Å². The van der Waals surface area contributed by atoms with Gasteiger partial charge in [-0.05, 0) is 0 Å². The van der Waals surface area contributed by atoms with Gasteiger partial charge in [0, 0.05) is 0 Å². The van der Waals surface area contributed by atoms with Crippen LogP contribution in [-0.4, -0.2) is 35.5 Å². The van der Waals surface area contributed by atoms with Crippen LogP contribution in [0.15, 0.2) is 58.5 Å². The van der Waals surface area contributed by atoms with Crippen molar-refractivity contribution in [2.75, 3.05) is 5.32 Å². The number of amides is 1. The molecular formula is C16H10N4OSe. The summed E-state index contributed by atoms with van der Waals surface area (Å²) in [5.74, 6) is -0.166. The second-order valence-corrected chi connectivity index (χ2v) is 6.08. The molecule has 0 fully saturated rings. The maximum atomic E-state index is 12.0. The molecule has 0 bridgehead atoms. The zero-order valence-electron chi connectivity index (χ0n) is 11.4. The first-order chi connectivity index (χ1) is 10.8. The van der Waals surface area contributed by atoms with Crippen molar-refractivity contribution < 1.29 is 4.79 Å². The topological polar surface area (TPSA) is 67.2 Å². The van der Waals surface area contributed by atoms with Crippen LogP contribution in [-0.2, 0) is 4.79 Å². The predicted octanol–water partition coefficient (Wildman–Crippen LogP) is 2.27. The Kier molecular flexibility index (Phi) is 3.18. The number of benzene rings is 2. The Bertz CT molecular complexity index is 869. The fourth-order valence-corrected chi connectivity index (χ4v) is 3.32. The first-order valence-electron chi connectivity index (χ1n) is 6.68. The van der Waals surface area contributed by atoms with Crippen molar-refractivity contribution in [3.05, 3.63) is 59.0 Å². The number of aliphatic imine (C=N–C) groups is 1. The van der Waals surface area contributed by atoms with Crippen LogP contribution in [0.5, 0.6) is 0 Å². The molecule has 2 heterocycles. The van der Waals surface area contributed by atoms with Crippen molar-refractivity contribution in [2.24, 2.45) is 4.99 Å². The summed E-state index contributed by atoms with van der Waals surface area (Å²) in [5, 5.41) is 6.91. The number of aromatic nitrogens is 2. The molecule has 1 amide bonds. The zero-order valence-corrected chi connectivity index (χ0v) is 13.1. The normalized spacial score (nSPS) is 14.9. The van der Waals surface area contributed by atoms with E-state index >= 15 is 0 Å². The van der Waals surface area contributed by atoms with Crippen molar-refractivity contribution in [1.29, 1.82) is 0 Å². The molecule has 0 saturated heterocycles. The van der Waals surface area contributed by atoms with E-state index in [4.69, 9.17) is 0 Å². The number of fused-ring (bicyclic) bond motifs is 1. The third-order valence-electron chi connectivity index (χ3n) is 3.41. The molecule has 0 radical (unpaired) electrons. The van der Waals surface area contributed by atoms with E-state index in [2.05, 4.69) is 19.5 Å². The summed E-state index contributed by atoms with van der Waals surface area (Å²) in [6.07, 6.45) is 0. The first kappa shape index (κ1) is 13.1. The Morgan fingerprint density at radius 3 is 2.64 bits per heavy atom. The second kappa shape index (κ2) is 5.33. The Morgan fingerprint density at radius 1 is 1.05 bits per heavy atom. The molecule has 106 valence electrons. The van der Waals surface area contributed by atoms with Gasteiger partial charge in [-0.25, -0.2) is 0 Å². The Labute approximate surface area is 132 Å². The standard InChI is InChI=1S/C16H10N4OSe/c21-16-15(12-3-1-2-4-13(12)18-16)17-11-7-5-10(6-8-11)14-9-22-20-19-14/h1-9H,(H,17,18,21). The van der Waals surface area contributed by atoms with Crippen molar-refractivity contribution in [1.82, 2.24) is 9.19 Å². The summed E-state index contributed by atoms with van der Waals surface area (Å²) in [5.41, 5.74) is 4.76. The number of nitrogens with zero attached hydrogens (tertiary/aromatic N) is 3. The molecule has 6 heteroatoms. The Balaban J connectivity index is 1.70. The van der Waals surface area contributed by atoms with Crippen molar-refractivity contribution in [3.63, 3.8) is 0 Å². The van der Waals surface area contributed by atoms with E-state index in [1.54, 1.807) is 0 Å². The van der Waals surface area contributed by atoms with Gasteiger partial charge in [0.15, 0.2) is 0 Å². The van der Waals surface area contributed by atoms with Crippen LogP contribution in [0, 0.1) is 0 Å². The van der Waals surface area contributed by atoms with E-state index in [9.17, 15) is 4.79 Å². The molecule has 3 aromatic rings. The summed E-state index contributed by atoms with van der Waals surface area (Å²) in [7, 11) is 0. The van der Waals surface area contributed by atoms with E-state index in [0.717, 1.165) is 28.2 Å². The summed E-state index contributed by atoms with van der Waals surface area (Å²) in [4.78, 5) is 18.6. The van der Waals surface area contributed by atoms with Gasteiger partial charge >= 0.3 is 132 Å². The van der Waals surface area contributed by atoms with Crippen LogP contribution in [0.4, 0.5) is 11.4 Å². The fraction of sp³-hybridized carbons (Fsp3) is 0. The van der Waals surface area contributed by atoms with Crippen LogP contribution >= 0.6 is 0 Å². The van der Waals surface area contributed by atoms with E-state index in [-0.39, 0.29) is 20.6 Å². The average Bonchev–Trinajstić information content (AvgIpc) is 3.17. The molecule has 1 aliphatic heterocycles. The molecule has 0 unspecified atom stereocenters. The Hall–Kier alpha value is -2.56. The van der Waals surface area contributed by atoms with Gasteiger partial charge in [0.2, 0.25) is 0 Å². The summed E-state index contributed by atoms with van der Waals surface area (Å²) < 4.78 is 4.00. The predicted molar refractivity (Wildman–Crippen MR) is 85.7 cm³/mol. The molecule has 0 atom stereocenters. The van der Waals surface area contributed by atoms with Crippen molar-refractivity contribution in [3.8, 4) is 11.3 Å². The van der Waals surface area contributed by atoms with Gasteiger partial charge in [-0.1, -0.05) is 0 Å². The third-order valence-corrected chi connectivity index (χ3v) is 4.47. The van der Waals surface area contributed by atoms with Gasteiger partial charge in [0.1, 0.15) is 0 Å². The molecule has 4 rings (SSSR count). The van der Waals surface area contributed by atoms with Gasteiger partial charge in [0.05, 0.1) is 0 Å². The third kappa shape index (κ3) is 2.28. The molecular weight excluding hydrogens is 343 g/mol. The molecule has 1 N–H and O–H groups in total. The van der Waals surface area contributed by atoms with E-state index in [1.807, 2.05) is 53.5 Å². The van der Waals surface area contributed by atoms with Gasteiger partial charge in [-0.3, -0.25) is 0 Å². The monoisotopic (exact) mass is 354 g/mol. The molecule has 2 aromatic carbocycles. The van der Waals surface area contributed by atoms with Crippen LogP contribution in [0.25, 0.3) is 11.3 Å². The minimum atomic E-state index is -0.166. The number of rotatable bonds is 2.